The van der Waals surface area contributed by atoms with Crippen molar-refractivity contribution in [1.82, 2.24) is 4.90 Å². The maximum Gasteiger partial charge on any atom is 0.410 e. The van der Waals surface area contributed by atoms with E-state index in [4.69, 9.17) is 4.74 Å². The van der Waals surface area contributed by atoms with Crippen molar-refractivity contribution >= 4 is 12.1 Å². The number of ether oxygens (including phenoxy) is 2. The summed E-state index contributed by atoms with van der Waals surface area (Å²) in [4.78, 5) is 23.6. The summed E-state index contributed by atoms with van der Waals surface area (Å²) >= 11 is 0. The smallest absolute Gasteiger partial charge is 0.410 e. The van der Waals surface area contributed by atoms with Crippen molar-refractivity contribution in [3.8, 4) is 0 Å². The van der Waals surface area contributed by atoms with E-state index in [0.29, 0.717) is 13.1 Å². The molecule has 0 aromatic heterocycles. The molecule has 0 aromatic rings. The Labute approximate surface area is 89.6 Å². The van der Waals surface area contributed by atoms with E-state index in [1.807, 2.05) is 6.92 Å². The summed E-state index contributed by atoms with van der Waals surface area (Å²) in [5, 5.41) is 0. The third-order valence-corrected chi connectivity index (χ3v) is 1.78. The van der Waals surface area contributed by atoms with Crippen molar-refractivity contribution in [2.24, 2.45) is 0 Å². The average molecular weight is 215 g/mol. The molecule has 1 amide bonds. The average Bonchev–Trinajstić information content (AvgIpc) is 2.26. The number of carbonyl (C=O) groups is 2. The van der Waals surface area contributed by atoms with Crippen LogP contribution in [0.2, 0.25) is 0 Å². The molecule has 0 saturated heterocycles. The SMILES string of the molecule is C=CCOC(=O)N(CC)CCC(=O)OC. The van der Waals surface area contributed by atoms with Gasteiger partial charge in [0.2, 0.25) is 0 Å². The molecule has 0 bridgehead atoms. The Morgan fingerprint density at radius 3 is 2.60 bits per heavy atom. The van der Waals surface area contributed by atoms with E-state index in [1.165, 1.54) is 18.1 Å². The fraction of sp³-hybridized carbons (Fsp3) is 0.600. The molecule has 0 radical (unpaired) electrons. The van der Waals surface area contributed by atoms with E-state index in [1.54, 1.807) is 0 Å². The van der Waals surface area contributed by atoms with Gasteiger partial charge in [-0.05, 0) is 6.92 Å². The Morgan fingerprint density at radius 2 is 2.13 bits per heavy atom. The minimum absolute atomic E-state index is 0.174. The summed E-state index contributed by atoms with van der Waals surface area (Å²) in [6.45, 7) is 6.22. The second-order valence-corrected chi connectivity index (χ2v) is 2.77. The molecule has 0 spiro atoms. The van der Waals surface area contributed by atoms with Gasteiger partial charge >= 0.3 is 12.1 Å². The zero-order valence-corrected chi connectivity index (χ0v) is 9.19. The second-order valence-electron chi connectivity index (χ2n) is 2.77. The normalized spacial score (nSPS) is 9.20. The molecule has 86 valence electrons. The van der Waals surface area contributed by atoms with Gasteiger partial charge in [0, 0.05) is 13.1 Å². The maximum absolute atomic E-state index is 11.3. The Balaban J connectivity index is 3.95. The van der Waals surface area contributed by atoms with E-state index in [-0.39, 0.29) is 19.0 Å². The molecule has 0 heterocycles. The lowest BCUT2D eigenvalue weighted by molar-refractivity contribution is -0.140. The van der Waals surface area contributed by atoms with Crippen molar-refractivity contribution < 1.29 is 19.1 Å². The van der Waals surface area contributed by atoms with Gasteiger partial charge in [-0.2, -0.15) is 0 Å². The summed E-state index contributed by atoms with van der Waals surface area (Å²) in [6.07, 6.45) is 1.22. The summed E-state index contributed by atoms with van der Waals surface area (Å²) in [6, 6.07) is 0. The molecule has 0 aromatic carbocycles. The predicted molar refractivity (Wildman–Crippen MR) is 55.4 cm³/mol. The minimum atomic E-state index is -0.443. The maximum atomic E-state index is 11.3. The van der Waals surface area contributed by atoms with Gasteiger partial charge in [-0.25, -0.2) is 4.79 Å². The molecule has 0 atom stereocenters. The summed E-state index contributed by atoms with van der Waals surface area (Å²) in [5.74, 6) is -0.343. The Bertz CT molecular complexity index is 227. The van der Waals surface area contributed by atoms with Crippen LogP contribution < -0.4 is 0 Å². The molecule has 0 aliphatic heterocycles. The van der Waals surface area contributed by atoms with Gasteiger partial charge < -0.3 is 14.4 Å². The van der Waals surface area contributed by atoms with Crippen molar-refractivity contribution in [3.63, 3.8) is 0 Å². The van der Waals surface area contributed by atoms with Gasteiger partial charge in [0.25, 0.3) is 0 Å². The van der Waals surface area contributed by atoms with Crippen molar-refractivity contribution in [3.05, 3.63) is 12.7 Å². The van der Waals surface area contributed by atoms with Gasteiger partial charge in [-0.1, -0.05) is 12.7 Å². The van der Waals surface area contributed by atoms with Gasteiger partial charge in [0.1, 0.15) is 6.61 Å². The second kappa shape index (κ2) is 7.84. The fourth-order valence-corrected chi connectivity index (χ4v) is 0.928. The first kappa shape index (κ1) is 13.5. The Hall–Kier alpha value is -1.52. The first-order valence-corrected chi connectivity index (χ1v) is 4.75. The van der Waals surface area contributed by atoms with E-state index in [9.17, 15) is 9.59 Å². The quantitative estimate of drug-likeness (QED) is 0.493. The van der Waals surface area contributed by atoms with E-state index in [2.05, 4.69) is 11.3 Å². The van der Waals surface area contributed by atoms with Crippen LogP contribution in [0.25, 0.3) is 0 Å². The van der Waals surface area contributed by atoms with E-state index >= 15 is 0 Å². The van der Waals surface area contributed by atoms with Gasteiger partial charge in [0.15, 0.2) is 0 Å². The first-order chi connectivity index (χ1) is 7.15. The van der Waals surface area contributed by atoms with Crippen LogP contribution in [0.4, 0.5) is 4.79 Å². The van der Waals surface area contributed by atoms with E-state index in [0.717, 1.165) is 0 Å². The molecule has 0 fully saturated rings. The monoisotopic (exact) mass is 215 g/mol. The van der Waals surface area contributed by atoms with Crippen LogP contribution in [-0.2, 0) is 14.3 Å². The topological polar surface area (TPSA) is 55.8 Å². The largest absolute Gasteiger partial charge is 0.469 e. The zero-order valence-electron chi connectivity index (χ0n) is 9.19. The molecule has 0 aliphatic rings. The molecular weight excluding hydrogens is 198 g/mol. The minimum Gasteiger partial charge on any atom is -0.469 e. The molecule has 5 nitrogen and oxygen atoms in total. The summed E-state index contributed by atoms with van der Waals surface area (Å²) in [7, 11) is 1.31. The highest BCUT2D eigenvalue weighted by atomic mass is 16.6. The predicted octanol–water partition coefficient (Wildman–Crippen LogP) is 1.19. The third kappa shape index (κ3) is 5.72. The Kier molecular flexibility index (Phi) is 7.05. The Morgan fingerprint density at radius 1 is 1.47 bits per heavy atom. The molecular formula is C10H17NO4. The van der Waals surface area contributed by atoms with E-state index < -0.39 is 6.09 Å². The van der Waals surface area contributed by atoms with Crippen LogP contribution in [0.1, 0.15) is 13.3 Å². The van der Waals surface area contributed by atoms with Crippen LogP contribution in [-0.4, -0.2) is 43.8 Å². The molecule has 0 N–H and O–H groups in total. The number of rotatable bonds is 6. The number of carbonyl (C=O) groups excluding carboxylic acids is 2. The molecule has 5 heteroatoms. The van der Waals surface area contributed by atoms with Crippen molar-refractivity contribution in [1.29, 1.82) is 0 Å². The molecule has 0 unspecified atom stereocenters. The molecule has 0 saturated carbocycles. The van der Waals surface area contributed by atoms with Crippen molar-refractivity contribution in [2.45, 2.75) is 13.3 Å². The number of methoxy groups -OCH3 is 1. The lowest BCUT2D eigenvalue weighted by atomic mass is 10.4. The van der Waals surface area contributed by atoms with Gasteiger partial charge in [0.05, 0.1) is 13.5 Å². The lowest BCUT2D eigenvalue weighted by Gasteiger charge is -2.19. The van der Waals surface area contributed by atoms with Crippen LogP contribution in [0.15, 0.2) is 12.7 Å². The summed E-state index contributed by atoms with van der Waals surface area (Å²) < 4.78 is 9.30. The number of hydrogen-bond acceptors (Lipinski definition) is 4. The number of amides is 1. The number of esters is 1. The first-order valence-electron chi connectivity index (χ1n) is 4.75. The molecule has 0 aliphatic carbocycles. The molecule has 0 rings (SSSR count). The lowest BCUT2D eigenvalue weighted by Crippen LogP contribution is -2.33. The standard InChI is InChI=1S/C10H17NO4/c1-4-8-15-10(13)11(5-2)7-6-9(12)14-3/h4H,1,5-8H2,2-3H3. The van der Waals surface area contributed by atoms with Gasteiger partial charge in [-0.15, -0.1) is 0 Å². The highest BCUT2D eigenvalue weighted by Crippen LogP contribution is 1.97. The zero-order chi connectivity index (χ0) is 11.7. The highest BCUT2D eigenvalue weighted by molar-refractivity contribution is 5.71. The van der Waals surface area contributed by atoms with Crippen LogP contribution in [0.3, 0.4) is 0 Å². The van der Waals surface area contributed by atoms with Crippen molar-refractivity contribution in [2.75, 3.05) is 26.8 Å². The van der Waals surface area contributed by atoms with Crippen LogP contribution >= 0.6 is 0 Å². The molecule has 15 heavy (non-hydrogen) atoms. The van der Waals surface area contributed by atoms with Crippen LogP contribution in [0, 0.1) is 0 Å². The highest BCUT2D eigenvalue weighted by Gasteiger charge is 2.13. The van der Waals surface area contributed by atoms with Gasteiger partial charge in [-0.3, -0.25) is 4.79 Å². The number of nitrogens with zero attached hydrogens (tertiary/aromatic N) is 1. The third-order valence-electron chi connectivity index (χ3n) is 1.78. The summed E-state index contributed by atoms with van der Waals surface area (Å²) in [5.41, 5.74) is 0. The number of hydrogen-bond donors (Lipinski definition) is 0. The fourth-order valence-electron chi connectivity index (χ4n) is 0.928. The van der Waals surface area contributed by atoms with Crippen LogP contribution in [0.5, 0.6) is 0 Å².